The predicted molar refractivity (Wildman–Crippen MR) is 98.4 cm³/mol. The van der Waals surface area contributed by atoms with Gasteiger partial charge in [0.05, 0.1) is 12.2 Å². The maximum absolute atomic E-state index is 12.9. The van der Waals surface area contributed by atoms with E-state index in [0.717, 1.165) is 34.7 Å². The summed E-state index contributed by atoms with van der Waals surface area (Å²) >= 11 is 6.15. The van der Waals surface area contributed by atoms with E-state index in [9.17, 15) is 4.79 Å². The molecule has 1 aliphatic rings. The Balaban J connectivity index is 1.91. The summed E-state index contributed by atoms with van der Waals surface area (Å²) in [6.07, 6.45) is 0.833. The smallest absolute Gasteiger partial charge is 0.326 e. The minimum absolute atomic E-state index is 0.00795. The highest BCUT2D eigenvalue weighted by Crippen LogP contribution is 2.35. The molecule has 1 aliphatic heterocycles. The van der Waals surface area contributed by atoms with Crippen LogP contribution in [0.3, 0.4) is 0 Å². The minimum Gasteiger partial charge on any atom is -0.486 e. The minimum atomic E-state index is -0.172. The SMILES string of the molecule is CCC1CN(C(=O)Nc2cccc(Cl)c2C)c2cc(C)ccc2O1. The number of ether oxygens (including phenoxy) is 1. The average Bonchev–Trinajstić information content (AvgIpc) is 2.58. The lowest BCUT2D eigenvalue weighted by Crippen LogP contribution is -2.45. The Bertz CT molecular complexity index is 776. The molecule has 0 saturated heterocycles. The highest BCUT2D eigenvalue weighted by Gasteiger charge is 2.29. The molecule has 1 atom stereocenters. The first kappa shape index (κ1) is 16.7. The van der Waals surface area contributed by atoms with Gasteiger partial charge >= 0.3 is 6.03 Å². The standard InChI is InChI=1S/C19H21ClN2O2/c1-4-14-11-22(17-10-12(2)8-9-18(17)24-14)19(23)21-16-7-5-6-15(20)13(16)3/h5-10,14H,4,11H2,1-3H3,(H,21,23). The quantitative estimate of drug-likeness (QED) is 0.816. The number of hydrogen-bond acceptors (Lipinski definition) is 2. The fraction of sp³-hybridized carbons (Fsp3) is 0.316. The number of carbonyl (C=O) groups is 1. The van der Waals surface area contributed by atoms with Crippen molar-refractivity contribution in [2.75, 3.05) is 16.8 Å². The third-order valence-electron chi connectivity index (χ3n) is 4.29. The maximum Gasteiger partial charge on any atom is 0.326 e. The molecular formula is C19H21ClN2O2. The fourth-order valence-corrected chi connectivity index (χ4v) is 2.96. The number of urea groups is 1. The van der Waals surface area contributed by atoms with Crippen molar-refractivity contribution in [2.45, 2.75) is 33.3 Å². The zero-order valence-corrected chi connectivity index (χ0v) is 14.9. The monoisotopic (exact) mass is 344 g/mol. The van der Waals surface area contributed by atoms with Crippen LogP contribution in [0, 0.1) is 13.8 Å². The molecule has 0 radical (unpaired) electrons. The lowest BCUT2D eigenvalue weighted by atomic mass is 10.1. The van der Waals surface area contributed by atoms with Crippen LogP contribution in [0.5, 0.6) is 5.75 Å². The Kier molecular flexibility index (Phi) is 4.67. The molecule has 5 heteroatoms. The summed E-state index contributed by atoms with van der Waals surface area (Å²) in [5, 5.41) is 3.61. The Hall–Kier alpha value is -2.20. The fourth-order valence-electron chi connectivity index (χ4n) is 2.79. The molecular weight excluding hydrogens is 324 g/mol. The number of fused-ring (bicyclic) bond motifs is 1. The van der Waals surface area contributed by atoms with Crippen molar-refractivity contribution >= 4 is 29.0 Å². The van der Waals surface area contributed by atoms with Gasteiger partial charge < -0.3 is 10.1 Å². The molecule has 0 fully saturated rings. The first-order chi connectivity index (χ1) is 11.5. The summed E-state index contributed by atoms with van der Waals surface area (Å²) in [7, 11) is 0. The van der Waals surface area contributed by atoms with Crippen LogP contribution in [0.1, 0.15) is 24.5 Å². The summed E-state index contributed by atoms with van der Waals surface area (Å²) in [5.74, 6) is 0.747. The molecule has 0 bridgehead atoms. The number of amides is 2. The predicted octanol–water partition coefficient (Wildman–Crippen LogP) is 5.17. The molecule has 126 valence electrons. The molecule has 24 heavy (non-hydrogen) atoms. The number of anilines is 2. The van der Waals surface area contributed by atoms with Gasteiger partial charge in [-0.3, -0.25) is 4.90 Å². The number of halogens is 1. The molecule has 1 heterocycles. The van der Waals surface area contributed by atoms with E-state index in [2.05, 4.69) is 12.2 Å². The van der Waals surface area contributed by atoms with Crippen molar-refractivity contribution < 1.29 is 9.53 Å². The van der Waals surface area contributed by atoms with Crippen molar-refractivity contribution in [3.63, 3.8) is 0 Å². The molecule has 3 rings (SSSR count). The van der Waals surface area contributed by atoms with Gasteiger partial charge in [-0.05, 0) is 55.7 Å². The second kappa shape index (κ2) is 6.73. The van der Waals surface area contributed by atoms with E-state index in [1.165, 1.54) is 0 Å². The number of nitrogens with zero attached hydrogens (tertiary/aromatic N) is 1. The lowest BCUT2D eigenvalue weighted by Gasteiger charge is -2.35. The highest BCUT2D eigenvalue weighted by molar-refractivity contribution is 6.31. The van der Waals surface area contributed by atoms with Gasteiger partial charge in [-0.15, -0.1) is 0 Å². The summed E-state index contributed by atoms with van der Waals surface area (Å²) in [5.41, 5.74) is 3.47. The average molecular weight is 345 g/mol. The summed E-state index contributed by atoms with van der Waals surface area (Å²) in [4.78, 5) is 14.6. The van der Waals surface area contributed by atoms with Crippen LogP contribution in [0.25, 0.3) is 0 Å². The number of benzene rings is 2. The van der Waals surface area contributed by atoms with Crippen LogP contribution >= 0.6 is 11.6 Å². The van der Waals surface area contributed by atoms with E-state index in [1.54, 1.807) is 4.90 Å². The molecule has 0 aromatic heterocycles. The number of aryl methyl sites for hydroxylation is 1. The number of hydrogen-bond donors (Lipinski definition) is 1. The molecule has 1 N–H and O–H groups in total. The van der Waals surface area contributed by atoms with Crippen LogP contribution < -0.4 is 15.0 Å². The zero-order chi connectivity index (χ0) is 17.3. The van der Waals surface area contributed by atoms with Gasteiger partial charge in [0, 0.05) is 10.7 Å². The summed E-state index contributed by atoms with van der Waals surface area (Å²) < 4.78 is 5.97. The van der Waals surface area contributed by atoms with E-state index >= 15 is 0 Å². The maximum atomic E-state index is 12.9. The molecule has 0 spiro atoms. The Morgan fingerprint density at radius 2 is 2.12 bits per heavy atom. The molecule has 0 saturated carbocycles. The van der Waals surface area contributed by atoms with Gasteiger partial charge in [0.1, 0.15) is 11.9 Å². The van der Waals surface area contributed by atoms with Crippen LogP contribution in [-0.2, 0) is 0 Å². The molecule has 2 aromatic carbocycles. The van der Waals surface area contributed by atoms with E-state index in [0.29, 0.717) is 11.6 Å². The largest absolute Gasteiger partial charge is 0.486 e. The lowest BCUT2D eigenvalue weighted by molar-refractivity contribution is 0.188. The van der Waals surface area contributed by atoms with Crippen LogP contribution in [0.2, 0.25) is 5.02 Å². The van der Waals surface area contributed by atoms with Crippen LogP contribution in [0.15, 0.2) is 36.4 Å². The van der Waals surface area contributed by atoms with Gasteiger partial charge in [-0.25, -0.2) is 4.79 Å². The van der Waals surface area contributed by atoms with Crippen molar-refractivity contribution in [1.29, 1.82) is 0 Å². The normalized spacial score (nSPS) is 16.3. The molecule has 0 aliphatic carbocycles. The number of carbonyl (C=O) groups excluding carboxylic acids is 1. The highest BCUT2D eigenvalue weighted by atomic mass is 35.5. The van der Waals surface area contributed by atoms with Gasteiger partial charge in [-0.2, -0.15) is 0 Å². The molecule has 2 amide bonds. The van der Waals surface area contributed by atoms with Gasteiger partial charge in [0.15, 0.2) is 0 Å². The second-order valence-corrected chi connectivity index (χ2v) is 6.48. The van der Waals surface area contributed by atoms with Gasteiger partial charge in [0.25, 0.3) is 0 Å². The van der Waals surface area contributed by atoms with Crippen molar-refractivity contribution in [3.8, 4) is 5.75 Å². The van der Waals surface area contributed by atoms with Crippen LogP contribution in [-0.4, -0.2) is 18.7 Å². The van der Waals surface area contributed by atoms with Crippen molar-refractivity contribution in [3.05, 3.63) is 52.5 Å². The molecule has 4 nitrogen and oxygen atoms in total. The first-order valence-corrected chi connectivity index (χ1v) is 8.48. The number of nitrogens with one attached hydrogen (secondary N) is 1. The third-order valence-corrected chi connectivity index (χ3v) is 4.70. The van der Waals surface area contributed by atoms with Gasteiger partial charge in [0.2, 0.25) is 0 Å². The van der Waals surface area contributed by atoms with Crippen molar-refractivity contribution in [1.82, 2.24) is 0 Å². The molecule has 2 aromatic rings. The van der Waals surface area contributed by atoms with Crippen LogP contribution in [0.4, 0.5) is 16.2 Å². The van der Waals surface area contributed by atoms with E-state index < -0.39 is 0 Å². The Labute approximate surface area is 147 Å². The molecule has 1 unspecified atom stereocenters. The topological polar surface area (TPSA) is 41.6 Å². The summed E-state index contributed by atoms with van der Waals surface area (Å²) in [6.45, 7) is 6.48. The van der Waals surface area contributed by atoms with E-state index in [1.807, 2.05) is 50.2 Å². The summed E-state index contributed by atoms with van der Waals surface area (Å²) in [6, 6.07) is 11.2. The van der Waals surface area contributed by atoms with Crippen molar-refractivity contribution in [2.24, 2.45) is 0 Å². The van der Waals surface area contributed by atoms with Gasteiger partial charge in [-0.1, -0.05) is 30.7 Å². The second-order valence-electron chi connectivity index (χ2n) is 6.07. The Morgan fingerprint density at radius 3 is 2.88 bits per heavy atom. The first-order valence-electron chi connectivity index (χ1n) is 8.10. The Morgan fingerprint density at radius 1 is 1.33 bits per heavy atom. The zero-order valence-electron chi connectivity index (χ0n) is 14.1. The van der Waals surface area contributed by atoms with E-state index in [-0.39, 0.29) is 12.1 Å². The third kappa shape index (κ3) is 3.20. The number of rotatable bonds is 2. The van der Waals surface area contributed by atoms with E-state index in [4.69, 9.17) is 16.3 Å².